The van der Waals surface area contributed by atoms with Crippen LogP contribution in [0.5, 0.6) is 0 Å². The van der Waals surface area contributed by atoms with Gasteiger partial charge in [-0.25, -0.2) is 9.59 Å². The van der Waals surface area contributed by atoms with Gasteiger partial charge in [0.1, 0.15) is 5.69 Å². The summed E-state index contributed by atoms with van der Waals surface area (Å²) >= 11 is 3.35. The topological polar surface area (TPSA) is 79.4 Å². The molecule has 0 bridgehead atoms. The minimum absolute atomic E-state index is 0.248. The summed E-state index contributed by atoms with van der Waals surface area (Å²) in [4.78, 5) is 25.6. The van der Waals surface area contributed by atoms with Crippen molar-refractivity contribution in [3.63, 3.8) is 0 Å². The number of carbonyl (C=O) groups is 2. The van der Waals surface area contributed by atoms with Crippen LogP contribution in [-0.2, 0) is 9.53 Å². The Labute approximate surface area is 123 Å². The quantitative estimate of drug-likeness (QED) is 0.663. The molecule has 2 aromatic rings. The van der Waals surface area contributed by atoms with E-state index in [4.69, 9.17) is 9.84 Å². The molecule has 0 saturated carbocycles. The van der Waals surface area contributed by atoms with E-state index in [-0.39, 0.29) is 12.3 Å². The molecule has 2 N–H and O–H groups in total. The maximum atomic E-state index is 11.9. The van der Waals surface area contributed by atoms with E-state index < -0.39 is 11.9 Å². The third-order valence-electron chi connectivity index (χ3n) is 2.67. The van der Waals surface area contributed by atoms with E-state index in [9.17, 15) is 9.59 Å². The van der Waals surface area contributed by atoms with E-state index in [0.29, 0.717) is 5.56 Å². The van der Waals surface area contributed by atoms with Gasteiger partial charge in [-0.2, -0.15) is 0 Å². The number of hydrogen-bond donors (Lipinski definition) is 2. The molecular weight excluding hydrogens is 326 g/mol. The monoisotopic (exact) mass is 337 g/mol. The lowest BCUT2D eigenvalue weighted by atomic mass is 10.1. The number of hydrogen-bond acceptors (Lipinski definition) is 3. The molecule has 20 heavy (non-hydrogen) atoms. The van der Waals surface area contributed by atoms with Crippen LogP contribution in [0.3, 0.4) is 0 Å². The Morgan fingerprint density at radius 2 is 2.20 bits per heavy atom. The van der Waals surface area contributed by atoms with E-state index >= 15 is 0 Å². The fourth-order valence-corrected chi connectivity index (χ4v) is 2.24. The second-order valence-electron chi connectivity index (χ2n) is 4.00. The number of carboxylic acid groups (broad SMARTS) is 1. The molecule has 0 aliphatic rings. The molecule has 0 aliphatic carbocycles. The largest absolute Gasteiger partial charge is 0.478 e. The Bertz CT molecular complexity index is 703. The highest BCUT2D eigenvalue weighted by atomic mass is 79.9. The zero-order chi connectivity index (χ0) is 14.7. The van der Waals surface area contributed by atoms with Gasteiger partial charge in [-0.3, -0.25) is 0 Å². The van der Waals surface area contributed by atoms with Crippen molar-refractivity contribution in [2.24, 2.45) is 0 Å². The third-order valence-corrected chi connectivity index (χ3v) is 3.17. The predicted octanol–water partition coefficient (Wildman–Crippen LogP) is 3.20. The summed E-state index contributed by atoms with van der Waals surface area (Å²) in [5.74, 6) is -1.59. The van der Waals surface area contributed by atoms with Gasteiger partial charge in [-0.05, 0) is 31.2 Å². The first-order valence-electron chi connectivity index (χ1n) is 5.92. The molecule has 5 nitrogen and oxygen atoms in total. The summed E-state index contributed by atoms with van der Waals surface area (Å²) in [5.41, 5.74) is 1.49. The second-order valence-corrected chi connectivity index (χ2v) is 4.91. The summed E-state index contributed by atoms with van der Waals surface area (Å²) in [6, 6.07) is 5.45. The van der Waals surface area contributed by atoms with Gasteiger partial charge in [0, 0.05) is 27.0 Å². The zero-order valence-corrected chi connectivity index (χ0v) is 12.2. The lowest BCUT2D eigenvalue weighted by Gasteiger charge is -2.00. The molecule has 2 rings (SSSR count). The Morgan fingerprint density at radius 1 is 1.45 bits per heavy atom. The smallest absolute Gasteiger partial charge is 0.355 e. The number of nitrogens with one attached hydrogen (secondary N) is 1. The van der Waals surface area contributed by atoms with E-state index in [1.165, 1.54) is 6.08 Å². The molecule has 104 valence electrons. The number of rotatable bonds is 4. The van der Waals surface area contributed by atoms with E-state index in [2.05, 4.69) is 20.9 Å². The van der Waals surface area contributed by atoms with Gasteiger partial charge >= 0.3 is 11.9 Å². The normalized spacial score (nSPS) is 11.1. The summed E-state index contributed by atoms with van der Waals surface area (Å²) in [6.07, 6.45) is 2.38. The average molecular weight is 338 g/mol. The molecule has 1 heterocycles. The molecule has 6 heteroatoms. The number of carboxylic acids is 1. The van der Waals surface area contributed by atoms with E-state index in [1.54, 1.807) is 13.0 Å². The summed E-state index contributed by atoms with van der Waals surface area (Å²) in [6.45, 7) is 1.96. The highest BCUT2D eigenvalue weighted by Gasteiger charge is 2.17. The lowest BCUT2D eigenvalue weighted by molar-refractivity contribution is -0.131. The highest BCUT2D eigenvalue weighted by Crippen LogP contribution is 2.27. The summed E-state index contributed by atoms with van der Waals surface area (Å²) in [7, 11) is 0. The van der Waals surface area contributed by atoms with Gasteiger partial charge in [0.05, 0.1) is 6.61 Å². The van der Waals surface area contributed by atoms with Crippen molar-refractivity contribution in [3.05, 3.63) is 40.0 Å². The molecule has 0 unspecified atom stereocenters. The van der Waals surface area contributed by atoms with Gasteiger partial charge in [-0.15, -0.1) is 0 Å². The Morgan fingerprint density at radius 3 is 2.85 bits per heavy atom. The molecule has 0 aliphatic heterocycles. The van der Waals surface area contributed by atoms with Gasteiger partial charge in [0.25, 0.3) is 0 Å². The van der Waals surface area contributed by atoms with Crippen molar-refractivity contribution < 1.29 is 19.4 Å². The molecule has 0 amide bonds. The van der Waals surface area contributed by atoms with Gasteiger partial charge in [0.15, 0.2) is 0 Å². The summed E-state index contributed by atoms with van der Waals surface area (Å²) in [5, 5.41) is 9.50. The van der Waals surface area contributed by atoms with Crippen molar-refractivity contribution in [2.45, 2.75) is 6.92 Å². The molecule has 1 aromatic heterocycles. The third kappa shape index (κ3) is 2.91. The molecular formula is C14H12BrNO4. The molecule has 0 saturated heterocycles. The molecule has 0 atom stereocenters. The van der Waals surface area contributed by atoms with Crippen molar-refractivity contribution in [2.75, 3.05) is 6.61 Å². The van der Waals surface area contributed by atoms with Crippen LogP contribution in [0.25, 0.3) is 17.0 Å². The van der Waals surface area contributed by atoms with Crippen molar-refractivity contribution in [1.82, 2.24) is 4.98 Å². The first-order valence-corrected chi connectivity index (χ1v) is 6.71. The van der Waals surface area contributed by atoms with Crippen LogP contribution in [0, 0.1) is 0 Å². The Balaban J connectivity index is 2.63. The van der Waals surface area contributed by atoms with Gasteiger partial charge < -0.3 is 14.8 Å². The van der Waals surface area contributed by atoms with Crippen LogP contribution in [-0.4, -0.2) is 28.6 Å². The van der Waals surface area contributed by atoms with Crippen LogP contribution in [0.15, 0.2) is 28.7 Å². The summed E-state index contributed by atoms with van der Waals surface area (Å²) < 4.78 is 5.81. The number of benzene rings is 1. The fraction of sp³-hybridized carbons (Fsp3) is 0.143. The van der Waals surface area contributed by atoms with Crippen molar-refractivity contribution in [3.8, 4) is 0 Å². The SMILES string of the molecule is CCOC(=O)c1[nH]c2ccc(Br)cc2c1C=CC(=O)O. The maximum absolute atomic E-state index is 11.9. The number of halogens is 1. The van der Waals surface area contributed by atoms with Crippen molar-refractivity contribution in [1.29, 1.82) is 0 Å². The number of aromatic amines is 1. The molecule has 0 radical (unpaired) electrons. The minimum Gasteiger partial charge on any atom is -0.478 e. The van der Waals surface area contributed by atoms with Crippen LogP contribution >= 0.6 is 15.9 Å². The maximum Gasteiger partial charge on any atom is 0.355 e. The number of H-pyrrole nitrogens is 1. The number of aromatic nitrogens is 1. The first kappa shape index (κ1) is 14.3. The number of aliphatic carboxylic acids is 1. The first-order chi connectivity index (χ1) is 9.52. The van der Waals surface area contributed by atoms with E-state index in [0.717, 1.165) is 21.5 Å². The standard InChI is InChI=1S/C14H12BrNO4/c1-2-20-14(19)13-9(4-6-12(17)18)10-7-8(15)3-5-11(10)16-13/h3-7,16H,2H2,1H3,(H,17,18). The van der Waals surface area contributed by atoms with Crippen LogP contribution in [0.2, 0.25) is 0 Å². The average Bonchev–Trinajstić information content (AvgIpc) is 2.74. The Kier molecular flexibility index (Phi) is 4.24. The molecule has 1 aromatic carbocycles. The molecule has 0 fully saturated rings. The van der Waals surface area contributed by atoms with Crippen LogP contribution < -0.4 is 0 Å². The Hall–Kier alpha value is -2.08. The number of ether oxygens (including phenoxy) is 1. The van der Waals surface area contributed by atoms with Crippen LogP contribution in [0.4, 0.5) is 0 Å². The lowest BCUT2D eigenvalue weighted by Crippen LogP contribution is -2.06. The number of esters is 1. The molecule has 0 spiro atoms. The van der Waals surface area contributed by atoms with Gasteiger partial charge in [-0.1, -0.05) is 15.9 Å². The highest BCUT2D eigenvalue weighted by molar-refractivity contribution is 9.10. The number of fused-ring (bicyclic) bond motifs is 1. The minimum atomic E-state index is -1.08. The zero-order valence-electron chi connectivity index (χ0n) is 10.6. The van der Waals surface area contributed by atoms with Crippen molar-refractivity contribution >= 4 is 44.8 Å². The number of carbonyl (C=O) groups excluding carboxylic acids is 1. The van der Waals surface area contributed by atoms with Gasteiger partial charge in [0.2, 0.25) is 0 Å². The van der Waals surface area contributed by atoms with Crippen LogP contribution in [0.1, 0.15) is 23.0 Å². The predicted molar refractivity (Wildman–Crippen MR) is 78.6 cm³/mol. The second kappa shape index (κ2) is 5.92. The van der Waals surface area contributed by atoms with E-state index in [1.807, 2.05) is 12.1 Å². The fourth-order valence-electron chi connectivity index (χ4n) is 1.88.